The summed E-state index contributed by atoms with van der Waals surface area (Å²) in [7, 11) is 4.60. The van der Waals surface area contributed by atoms with Crippen LogP contribution in [-0.4, -0.2) is 45.7 Å². The summed E-state index contributed by atoms with van der Waals surface area (Å²) in [6.07, 6.45) is 3.36. The zero-order chi connectivity index (χ0) is 20.8. The van der Waals surface area contributed by atoms with Gasteiger partial charge in [0.2, 0.25) is 17.6 Å². The standard InChI is InChI=1S/C22H24N2O5/c1-27-18-11-15(12-19(28-2)22(18)29-3)9-10-20(25)23-16-13-21(26)24(14-16)17-7-5-4-6-8-17/h4-12,16H,13-14H2,1-3H3,(H,23,25)/b10-9+. The van der Waals surface area contributed by atoms with Crippen LogP contribution in [0.25, 0.3) is 6.08 Å². The van der Waals surface area contributed by atoms with E-state index in [1.165, 1.54) is 27.4 Å². The fraction of sp³-hybridized carbons (Fsp3) is 0.273. The molecule has 0 spiro atoms. The van der Waals surface area contributed by atoms with E-state index in [0.717, 1.165) is 11.3 Å². The van der Waals surface area contributed by atoms with E-state index >= 15 is 0 Å². The molecule has 0 radical (unpaired) electrons. The molecule has 1 aliphatic heterocycles. The third-order valence-corrected chi connectivity index (χ3v) is 4.65. The Bertz CT molecular complexity index is 886. The Morgan fingerprint density at radius 3 is 2.31 bits per heavy atom. The molecule has 0 bridgehead atoms. The molecule has 2 aromatic rings. The first kappa shape index (κ1) is 20.3. The van der Waals surface area contributed by atoms with Crippen LogP contribution in [0.5, 0.6) is 17.2 Å². The van der Waals surface area contributed by atoms with E-state index in [9.17, 15) is 9.59 Å². The Kier molecular flexibility index (Phi) is 6.39. The summed E-state index contributed by atoms with van der Waals surface area (Å²) in [6, 6.07) is 12.7. The Hall–Kier alpha value is -3.48. The molecule has 2 aromatic carbocycles. The van der Waals surface area contributed by atoms with Crippen molar-refractivity contribution in [1.29, 1.82) is 0 Å². The number of hydrogen-bond donors (Lipinski definition) is 1. The quantitative estimate of drug-likeness (QED) is 0.728. The number of para-hydroxylation sites is 1. The molecule has 1 aliphatic rings. The van der Waals surface area contributed by atoms with Crippen LogP contribution >= 0.6 is 0 Å². The van der Waals surface area contributed by atoms with Crippen LogP contribution in [0.2, 0.25) is 0 Å². The number of methoxy groups -OCH3 is 3. The van der Waals surface area contributed by atoms with Crippen molar-refractivity contribution in [2.45, 2.75) is 12.5 Å². The van der Waals surface area contributed by atoms with Crippen molar-refractivity contribution in [3.63, 3.8) is 0 Å². The lowest BCUT2D eigenvalue weighted by molar-refractivity contribution is -0.117. The van der Waals surface area contributed by atoms with Gasteiger partial charge in [-0.1, -0.05) is 18.2 Å². The van der Waals surface area contributed by atoms with Crippen LogP contribution in [0.15, 0.2) is 48.5 Å². The molecule has 7 heteroatoms. The summed E-state index contributed by atoms with van der Waals surface area (Å²) in [5.74, 6) is 1.22. The highest BCUT2D eigenvalue weighted by Gasteiger charge is 2.31. The first-order chi connectivity index (χ1) is 14.0. The van der Waals surface area contributed by atoms with Crippen molar-refractivity contribution in [3.8, 4) is 17.2 Å². The van der Waals surface area contributed by atoms with Gasteiger partial charge in [-0.05, 0) is 35.9 Å². The van der Waals surface area contributed by atoms with Crippen molar-refractivity contribution >= 4 is 23.6 Å². The predicted octanol–water partition coefficient (Wildman–Crippen LogP) is 2.65. The smallest absolute Gasteiger partial charge is 0.244 e. The Balaban J connectivity index is 1.65. The summed E-state index contributed by atoms with van der Waals surface area (Å²) in [5, 5.41) is 2.88. The highest BCUT2D eigenvalue weighted by Crippen LogP contribution is 2.38. The number of nitrogens with one attached hydrogen (secondary N) is 1. The van der Waals surface area contributed by atoms with Crippen LogP contribution in [-0.2, 0) is 9.59 Å². The number of benzene rings is 2. The van der Waals surface area contributed by atoms with Crippen molar-refractivity contribution < 1.29 is 23.8 Å². The molecule has 1 N–H and O–H groups in total. The van der Waals surface area contributed by atoms with Gasteiger partial charge in [0.25, 0.3) is 0 Å². The average molecular weight is 396 g/mol. The fourth-order valence-electron chi connectivity index (χ4n) is 3.28. The number of carbonyl (C=O) groups is 2. The number of carbonyl (C=O) groups excluding carboxylic acids is 2. The molecule has 152 valence electrons. The minimum Gasteiger partial charge on any atom is -0.493 e. The molecule has 1 heterocycles. The van der Waals surface area contributed by atoms with Gasteiger partial charge in [-0.2, -0.15) is 0 Å². The minimum atomic E-state index is -0.272. The topological polar surface area (TPSA) is 77.1 Å². The van der Waals surface area contributed by atoms with Crippen LogP contribution in [0.4, 0.5) is 5.69 Å². The van der Waals surface area contributed by atoms with Crippen molar-refractivity contribution in [3.05, 3.63) is 54.1 Å². The monoisotopic (exact) mass is 396 g/mol. The summed E-state index contributed by atoms with van der Waals surface area (Å²) in [5.41, 5.74) is 1.56. The number of ether oxygens (including phenoxy) is 3. The maximum Gasteiger partial charge on any atom is 0.244 e. The lowest BCUT2D eigenvalue weighted by Crippen LogP contribution is -2.36. The number of hydrogen-bond acceptors (Lipinski definition) is 5. The van der Waals surface area contributed by atoms with Crippen molar-refractivity contribution in [2.75, 3.05) is 32.8 Å². The molecular weight excluding hydrogens is 372 g/mol. The molecule has 1 saturated heterocycles. The number of anilines is 1. The number of rotatable bonds is 7. The Morgan fingerprint density at radius 1 is 1.07 bits per heavy atom. The van der Waals surface area contributed by atoms with Crippen molar-refractivity contribution in [2.24, 2.45) is 0 Å². The summed E-state index contributed by atoms with van der Waals surface area (Å²) < 4.78 is 15.9. The van der Waals surface area contributed by atoms with E-state index in [0.29, 0.717) is 23.8 Å². The van der Waals surface area contributed by atoms with Gasteiger partial charge < -0.3 is 24.4 Å². The van der Waals surface area contributed by atoms with E-state index < -0.39 is 0 Å². The second-order valence-corrected chi connectivity index (χ2v) is 6.54. The van der Waals surface area contributed by atoms with Crippen molar-refractivity contribution in [1.82, 2.24) is 5.32 Å². The van der Waals surface area contributed by atoms with E-state index in [4.69, 9.17) is 14.2 Å². The van der Waals surface area contributed by atoms with E-state index in [2.05, 4.69) is 5.32 Å². The van der Waals surface area contributed by atoms with Gasteiger partial charge in [0.1, 0.15) is 0 Å². The molecule has 0 aromatic heterocycles. The summed E-state index contributed by atoms with van der Waals surface area (Å²) >= 11 is 0. The number of nitrogens with zero attached hydrogens (tertiary/aromatic N) is 1. The largest absolute Gasteiger partial charge is 0.493 e. The molecule has 3 rings (SSSR count). The molecule has 1 atom stereocenters. The van der Waals surface area contributed by atoms with Gasteiger partial charge >= 0.3 is 0 Å². The minimum absolute atomic E-state index is 0.00453. The molecule has 1 unspecified atom stereocenters. The number of amides is 2. The van der Waals surface area contributed by atoms with Gasteiger partial charge in [-0.3, -0.25) is 9.59 Å². The summed E-state index contributed by atoms with van der Waals surface area (Å²) in [4.78, 5) is 26.3. The van der Waals surface area contributed by atoms with Gasteiger partial charge in [0.05, 0.1) is 27.4 Å². The zero-order valence-electron chi connectivity index (χ0n) is 16.7. The zero-order valence-corrected chi connectivity index (χ0v) is 16.7. The van der Waals surface area contributed by atoms with Crippen LogP contribution < -0.4 is 24.4 Å². The lowest BCUT2D eigenvalue weighted by atomic mass is 10.1. The van der Waals surface area contributed by atoms with E-state index in [1.807, 2.05) is 30.3 Å². The van der Waals surface area contributed by atoms with E-state index in [-0.39, 0.29) is 24.3 Å². The molecule has 2 amide bonds. The maximum atomic E-state index is 12.3. The van der Waals surface area contributed by atoms with Crippen LogP contribution in [0.1, 0.15) is 12.0 Å². The molecule has 29 heavy (non-hydrogen) atoms. The van der Waals surface area contributed by atoms with Gasteiger partial charge in [-0.15, -0.1) is 0 Å². The van der Waals surface area contributed by atoms with Crippen LogP contribution in [0.3, 0.4) is 0 Å². The molecular formula is C22H24N2O5. The summed E-state index contributed by atoms with van der Waals surface area (Å²) in [6.45, 7) is 0.451. The highest BCUT2D eigenvalue weighted by molar-refractivity contribution is 5.98. The lowest BCUT2D eigenvalue weighted by Gasteiger charge is -2.16. The second-order valence-electron chi connectivity index (χ2n) is 6.54. The molecule has 0 saturated carbocycles. The molecule has 7 nitrogen and oxygen atoms in total. The van der Waals surface area contributed by atoms with Gasteiger partial charge in [0, 0.05) is 24.7 Å². The average Bonchev–Trinajstić information content (AvgIpc) is 3.11. The van der Waals surface area contributed by atoms with Gasteiger partial charge in [0.15, 0.2) is 11.5 Å². The highest BCUT2D eigenvalue weighted by atomic mass is 16.5. The normalized spacial score (nSPS) is 16.2. The third kappa shape index (κ3) is 4.68. The maximum absolute atomic E-state index is 12.3. The first-order valence-electron chi connectivity index (χ1n) is 9.19. The second kappa shape index (κ2) is 9.14. The SMILES string of the molecule is COc1cc(/C=C/C(=O)NC2CC(=O)N(c3ccccc3)C2)cc(OC)c1OC. The first-order valence-corrected chi connectivity index (χ1v) is 9.19. The Morgan fingerprint density at radius 2 is 1.72 bits per heavy atom. The molecule has 1 fully saturated rings. The third-order valence-electron chi connectivity index (χ3n) is 4.65. The van der Waals surface area contributed by atoms with E-state index in [1.54, 1.807) is 23.1 Å². The Labute approximate surface area is 169 Å². The molecule has 0 aliphatic carbocycles. The predicted molar refractivity (Wildman–Crippen MR) is 110 cm³/mol. The fourth-order valence-corrected chi connectivity index (χ4v) is 3.28. The van der Waals surface area contributed by atoms with Crippen LogP contribution in [0, 0.1) is 0 Å². The van der Waals surface area contributed by atoms with Gasteiger partial charge in [-0.25, -0.2) is 0 Å².